The second kappa shape index (κ2) is 6.74. The molecule has 0 unspecified atom stereocenters. The SMILES string of the molecule is CC(=O)c1ccc(NCCC2CCC(C)CC2)cc1. The number of anilines is 1. The van der Waals surface area contributed by atoms with Crippen molar-refractivity contribution in [2.24, 2.45) is 11.8 Å². The van der Waals surface area contributed by atoms with Gasteiger partial charge in [-0.25, -0.2) is 0 Å². The molecule has 1 N–H and O–H groups in total. The third-order valence-electron chi connectivity index (χ3n) is 4.31. The average Bonchev–Trinajstić information content (AvgIpc) is 2.41. The summed E-state index contributed by atoms with van der Waals surface area (Å²) in [5.74, 6) is 1.96. The Labute approximate surface area is 116 Å². The lowest BCUT2D eigenvalue weighted by Crippen LogP contribution is -2.15. The molecule has 0 spiro atoms. The Kier molecular flexibility index (Phi) is 5.00. The standard InChI is InChI=1S/C17H25NO/c1-13-3-5-15(6-4-13)11-12-18-17-9-7-16(8-10-17)14(2)19/h7-10,13,15,18H,3-6,11-12H2,1-2H3. The van der Waals surface area contributed by atoms with Gasteiger partial charge in [-0.05, 0) is 49.4 Å². The van der Waals surface area contributed by atoms with Crippen molar-refractivity contribution in [1.29, 1.82) is 0 Å². The molecule has 0 bridgehead atoms. The van der Waals surface area contributed by atoms with E-state index >= 15 is 0 Å². The Hall–Kier alpha value is -1.31. The minimum Gasteiger partial charge on any atom is -0.385 e. The predicted molar refractivity (Wildman–Crippen MR) is 80.7 cm³/mol. The van der Waals surface area contributed by atoms with Crippen LogP contribution in [0.15, 0.2) is 24.3 Å². The number of hydrogen-bond donors (Lipinski definition) is 1. The molecule has 0 radical (unpaired) electrons. The van der Waals surface area contributed by atoms with Crippen LogP contribution in [0.5, 0.6) is 0 Å². The number of carbonyl (C=O) groups is 1. The third kappa shape index (κ3) is 4.38. The summed E-state index contributed by atoms with van der Waals surface area (Å²) in [6, 6.07) is 7.79. The topological polar surface area (TPSA) is 29.1 Å². The van der Waals surface area contributed by atoms with Gasteiger partial charge in [0.1, 0.15) is 0 Å². The van der Waals surface area contributed by atoms with Gasteiger partial charge in [0.25, 0.3) is 0 Å². The van der Waals surface area contributed by atoms with Gasteiger partial charge in [0.2, 0.25) is 0 Å². The second-order valence-electron chi connectivity index (χ2n) is 5.97. The molecule has 0 heterocycles. The number of benzene rings is 1. The van der Waals surface area contributed by atoms with E-state index in [0.717, 1.165) is 29.6 Å². The summed E-state index contributed by atoms with van der Waals surface area (Å²) in [6.07, 6.45) is 6.86. The summed E-state index contributed by atoms with van der Waals surface area (Å²) in [5, 5.41) is 3.46. The molecule has 2 nitrogen and oxygen atoms in total. The maximum Gasteiger partial charge on any atom is 0.159 e. The van der Waals surface area contributed by atoms with Crippen molar-refractivity contribution in [2.45, 2.75) is 46.0 Å². The minimum atomic E-state index is 0.128. The highest BCUT2D eigenvalue weighted by Crippen LogP contribution is 2.30. The van der Waals surface area contributed by atoms with Crippen molar-refractivity contribution in [3.8, 4) is 0 Å². The van der Waals surface area contributed by atoms with E-state index in [1.165, 1.54) is 32.1 Å². The van der Waals surface area contributed by atoms with Crippen LogP contribution in [0.25, 0.3) is 0 Å². The van der Waals surface area contributed by atoms with Gasteiger partial charge in [0.05, 0.1) is 0 Å². The van der Waals surface area contributed by atoms with E-state index in [2.05, 4.69) is 12.2 Å². The molecule has 104 valence electrons. The summed E-state index contributed by atoms with van der Waals surface area (Å²) in [4.78, 5) is 11.2. The van der Waals surface area contributed by atoms with Gasteiger partial charge in [-0.1, -0.05) is 32.6 Å². The molecule has 1 aromatic carbocycles. The van der Waals surface area contributed by atoms with Gasteiger partial charge in [0.15, 0.2) is 5.78 Å². The van der Waals surface area contributed by atoms with Crippen LogP contribution in [0.1, 0.15) is 56.3 Å². The molecule has 1 aliphatic rings. The Balaban J connectivity index is 1.72. The molecule has 1 aromatic rings. The Morgan fingerprint density at radius 1 is 1.16 bits per heavy atom. The molecular formula is C17H25NO. The predicted octanol–water partition coefficient (Wildman–Crippen LogP) is 4.52. The fourth-order valence-corrected chi connectivity index (χ4v) is 2.86. The smallest absolute Gasteiger partial charge is 0.159 e. The molecule has 0 atom stereocenters. The van der Waals surface area contributed by atoms with Gasteiger partial charge in [-0.3, -0.25) is 4.79 Å². The van der Waals surface area contributed by atoms with Gasteiger partial charge in [-0.2, -0.15) is 0 Å². The van der Waals surface area contributed by atoms with E-state index in [1.807, 2.05) is 24.3 Å². The van der Waals surface area contributed by atoms with E-state index in [9.17, 15) is 4.79 Å². The maximum atomic E-state index is 11.2. The Morgan fingerprint density at radius 3 is 2.37 bits per heavy atom. The number of rotatable bonds is 5. The number of nitrogens with one attached hydrogen (secondary N) is 1. The molecule has 1 saturated carbocycles. The van der Waals surface area contributed by atoms with Crippen LogP contribution in [0, 0.1) is 11.8 Å². The van der Waals surface area contributed by atoms with Crippen LogP contribution < -0.4 is 5.32 Å². The summed E-state index contributed by atoms with van der Waals surface area (Å²) < 4.78 is 0. The Morgan fingerprint density at radius 2 is 1.79 bits per heavy atom. The van der Waals surface area contributed by atoms with Crippen molar-refractivity contribution in [3.63, 3.8) is 0 Å². The van der Waals surface area contributed by atoms with Crippen LogP contribution in [0.4, 0.5) is 5.69 Å². The van der Waals surface area contributed by atoms with Crippen molar-refractivity contribution in [1.82, 2.24) is 0 Å². The molecule has 0 saturated heterocycles. The van der Waals surface area contributed by atoms with E-state index in [-0.39, 0.29) is 5.78 Å². The number of ketones is 1. The molecule has 2 rings (SSSR count). The van der Waals surface area contributed by atoms with Crippen LogP contribution in [0.3, 0.4) is 0 Å². The van der Waals surface area contributed by atoms with Crippen molar-refractivity contribution >= 4 is 11.5 Å². The van der Waals surface area contributed by atoms with Crippen molar-refractivity contribution in [3.05, 3.63) is 29.8 Å². The quantitative estimate of drug-likeness (QED) is 0.788. The summed E-state index contributed by atoms with van der Waals surface area (Å²) >= 11 is 0. The largest absolute Gasteiger partial charge is 0.385 e. The normalized spacial score (nSPS) is 23.1. The van der Waals surface area contributed by atoms with E-state index < -0.39 is 0 Å². The van der Waals surface area contributed by atoms with Crippen molar-refractivity contribution in [2.75, 3.05) is 11.9 Å². The lowest BCUT2D eigenvalue weighted by Gasteiger charge is -2.26. The Bertz CT molecular complexity index is 402. The third-order valence-corrected chi connectivity index (χ3v) is 4.31. The molecule has 19 heavy (non-hydrogen) atoms. The first-order valence-electron chi connectivity index (χ1n) is 7.50. The molecule has 0 aromatic heterocycles. The highest BCUT2D eigenvalue weighted by Gasteiger charge is 2.17. The second-order valence-corrected chi connectivity index (χ2v) is 5.97. The number of carbonyl (C=O) groups excluding carboxylic acids is 1. The van der Waals surface area contributed by atoms with Gasteiger partial charge >= 0.3 is 0 Å². The molecule has 0 amide bonds. The van der Waals surface area contributed by atoms with Crippen LogP contribution in [-0.2, 0) is 0 Å². The first-order valence-corrected chi connectivity index (χ1v) is 7.50. The lowest BCUT2D eigenvalue weighted by molar-refractivity contribution is 0.101. The monoisotopic (exact) mass is 259 g/mol. The molecule has 0 aliphatic heterocycles. The summed E-state index contributed by atoms with van der Waals surface area (Å²) in [6.45, 7) is 5.01. The zero-order chi connectivity index (χ0) is 13.7. The summed E-state index contributed by atoms with van der Waals surface area (Å²) in [5.41, 5.74) is 1.90. The molecule has 1 aliphatic carbocycles. The van der Waals surface area contributed by atoms with Crippen LogP contribution >= 0.6 is 0 Å². The highest BCUT2D eigenvalue weighted by molar-refractivity contribution is 5.94. The van der Waals surface area contributed by atoms with E-state index in [4.69, 9.17) is 0 Å². The fourth-order valence-electron chi connectivity index (χ4n) is 2.86. The van der Waals surface area contributed by atoms with Crippen LogP contribution in [-0.4, -0.2) is 12.3 Å². The van der Waals surface area contributed by atoms with Crippen molar-refractivity contribution < 1.29 is 4.79 Å². The summed E-state index contributed by atoms with van der Waals surface area (Å²) in [7, 11) is 0. The minimum absolute atomic E-state index is 0.128. The van der Waals surface area contributed by atoms with Crippen LogP contribution in [0.2, 0.25) is 0 Å². The van der Waals surface area contributed by atoms with E-state index in [0.29, 0.717) is 0 Å². The maximum absolute atomic E-state index is 11.2. The molecular weight excluding hydrogens is 234 g/mol. The van der Waals surface area contributed by atoms with Gasteiger partial charge in [0, 0.05) is 17.8 Å². The van der Waals surface area contributed by atoms with Gasteiger partial charge < -0.3 is 5.32 Å². The molecule has 2 heteroatoms. The lowest BCUT2D eigenvalue weighted by atomic mass is 9.81. The van der Waals surface area contributed by atoms with Gasteiger partial charge in [-0.15, -0.1) is 0 Å². The fraction of sp³-hybridized carbons (Fsp3) is 0.588. The number of Topliss-reactive ketones (excluding diaryl/α,β-unsaturated/α-hetero) is 1. The zero-order valence-corrected chi connectivity index (χ0v) is 12.1. The van der Waals surface area contributed by atoms with E-state index in [1.54, 1.807) is 6.92 Å². The average molecular weight is 259 g/mol. The zero-order valence-electron chi connectivity index (χ0n) is 12.1. The number of hydrogen-bond acceptors (Lipinski definition) is 2. The highest BCUT2D eigenvalue weighted by atomic mass is 16.1. The first-order chi connectivity index (χ1) is 9.15. The molecule has 1 fully saturated rings. The first kappa shape index (κ1) is 14.1.